The van der Waals surface area contributed by atoms with E-state index in [4.69, 9.17) is 21.4 Å². The molecular weight excluding hydrogens is 615 g/mol. The summed E-state index contributed by atoms with van der Waals surface area (Å²) in [5, 5.41) is 13.6. The quantitative estimate of drug-likeness (QED) is 0.256. The molecule has 2 aromatic carbocycles. The fraction of sp³-hybridized carbons (Fsp3) is 0.250. The monoisotopic (exact) mass is 635 g/mol. The molecule has 0 unspecified atom stereocenters. The molecule has 2 atom stereocenters. The minimum Gasteiger partial charge on any atom is -0.475 e. The van der Waals surface area contributed by atoms with Crippen LogP contribution in [0.5, 0.6) is 0 Å². The van der Waals surface area contributed by atoms with E-state index in [1.165, 1.54) is 29.2 Å². The standard InChI is InChI=1S/C28H21ClF3N3O7S/c29-15-6-7-17-20(21(15)32)28(42-27(41)34-17)8-1-9-35(12-28)25(38)18(10-13-2-4-14(30)5-3-13)33-24(37)19-11-16(31)23(43-19)22(36)26(39)40/h2-7,11,18H,1,8-10,12H2,(H,33,37)(H,34,41)(H,39,40)/t18-,28-/m0/s1. The van der Waals surface area contributed by atoms with Gasteiger partial charge in [-0.25, -0.2) is 22.8 Å². The lowest BCUT2D eigenvalue weighted by Gasteiger charge is -2.45. The van der Waals surface area contributed by atoms with E-state index >= 15 is 4.39 Å². The van der Waals surface area contributed by atoms with E-state index in [0.717, 1.165) is 12.1 Å². The van der Waals surface area contributed by atoms with Crippen molar-refractivity contribution in [2.45, 2.75) is 30.9 Å². The van der Waals surface area contributed by atoms with Crippen LogP contribution in [0.4, 0.5) is 23.7 Å². The van der Waals surface area contributed by atoms with E-state index in [2.05, 4.69) is 10.6 Å². The Morgan fingerprint density at radius 3 is 2.56 bits per heavy atom. The molecule has 3 aromatic rings. The predicted molar refractivity (Wildman–Crippen MR) is 147 cm³/mol. The summed E-state index contributed by atoms with van der Waals surface area (Å²) in [5.41, 5.74) is -1.04. The van der Waals surface area contributed by atoms with Gasteiger partial charge in [0.1, 0.15) is 22.6 Å². The molecule has 0 aliphatic carbocycles. The molecule has 1 saturated heterocycles. The van der Waals surface area contributed by atoms with Crippen LogP contribution in [0.1, 0.15) is 43.3 Å². The topological polar surface area (TPSA) is 142 Å². The Balaban J connectivity index is 1.45. The van der Waals surface area contributed by atoms with Gasteiger partial charge in [-0.15, -0.1) is 11.3 Å². The average molecular weight is 636 g/mol. The number of carbonyl (C=O) groups is 5. The number of piperidine rings is 1. The van der Waals surface area contributed by atoms with Gasteiger partial charge in [0.25, 0.3) is 11.7 Å². The number of carboxylic acids is 1. The molecule has 1 spiro atoms. The van der Waals surface area contributed by atoms with Crippen molar-refractivity contribution < 1.29 is 47.0 Å². The maximum Gasteiger partial charge on any atom is 0.412 e. The summed E-state index contributed by atoms with van der Waals surface area (Å²) < 4.78 is 48.8. The number of carbonyl (C=O) groups excluding carboxylic acids is 4. The van der Waals surface area contributed by atoms with E-state index in [9.17, 15) is 32.8 Å². The van der Waals surface area contributed by atoms with Crippen LogP contribution < -0.4 is 10.6 Å². The summed E-state index contributed by atoms with van der Waals surface area (Å²) in [4.78, 5) is 62.4. The number of amides is 3. The molecule has 5 rings (SSSR count). The Hall–Kier alpha value is -4.43. The third kappa shape index (κ3) is 5.92. The number of aliphatic carboxylic acids is 1. The van der Waals surface area contributed by atoms with Gasteiger partial charge < -0.3 is 20.1 Å². The van der Waals surface area contributed by atoms with Gasteiger partial charge in [-0.05, 0) is 48.7 Å². The summed E-state index contributed by atoms with van der Waals surface area (Å²) in [6, 6.07) is 7.16. The second kappa shape index (κ2) is 11.7. The molecule has 1 fully saturated rings. The molecule has 10 nitrogen and oxygen atoms in total. The molecule has 1 aromatic heterocycles. The SMILES string of the molecule is O=C1Nc2ccc(Cl)c(F)c2[C@@]2(CCCN(C(=O)[C@H](Cc3ccc(F)cc3)NC(=O)c3cc(F)c(C(=O)C(=O)O)s3)C2)O1. The summed E-state index contributed by atoms with van der Waals surface area (Å²) in [7, 11) is 0. The lowest BCUT2D eigenvalue weighted by molar-refractivity contribution is -0.141. The Kier molecular flexibility index (Phi) is 8.16. The summed E-state index contributed by atoms with van der Waals surface area (Å²) in [6.45, 7) is -0.145. The van der Waals surface area contributed by atoms with Gasteiger partial charge in [0.2, 0.25) is 5.91 Å². The van der Waals surface area contributed by atoms with Gasteiger partial charge in [-0.1, -0.05) is 23.7 Å². The van der Waals surface area contributed by atoms with E-state index < -0.39 is 63.6 Å². The molecule has 2 aliphatic rings. The normalized spacial score (nSPS) is 18.3. The summed E-state index contributed by atoms with van der Waals surface area (Å²) in [5.74, 6) is -7.67. The second-order valence-electron chi connectivity index (χ2n) is 9.93. The van der Waals surface area contributed by atoms with Gasteiger partial charge in [-0.2, -0.15) is 0 Å². The predicted octanol–water partition coefficient (Wildman–Crippen LogP) is 4.51. The highest BCUT2D eigenvalue weighted by molar-refractivity contribution is 7.16. The highest BCUT2D eigenvalue weighted by Gasteiger charge is 2.49. The lowest BCUT2D eigenvalue weighted by Crippen LogP contribution is -2.57. The van der Waals surface area contributed by atoms with Crippen LogP contribution in [0, 0.1) is 17.5 Å². The molecule has 0 saturated carbocycles. The fourth-order valence-electron chi connectivity index (χ4n) is 5.20. The zero-order valence-electron chi connectivity index (χ0n) is 21.9. The molecule has 224 valence electrons. The van der Waals surface area contributed by atoms with E-state index in [0.29, 0.717) is 23.0 Å². The van der Waals surface area contributed by atoms with Crippen molar-refractivity contribution >= 4 is 58.3 Å². The third-order valence-corrected chi connectivity index (χ3v) is 8.51. The van der Waals surface area contributed by atoms with E-state index in [1.54, 1.807) is 0 Å². The van der Waals surface area contributed by atoms with Crippen molar-refractivity contribution in [3.8, 4) is 0 Å². The number of carboxylic acid groups (broad SMARTS) is 1. The second-order valence-corrected chi connectivity index (χ2v) is 11.4. The average Bonchev–Trinajstić information content (AvgIpc) is 3.36. The number of halogens is 4. The molecular formula is C28H21ClF3N3O7S. The number of rotatable bonds is 7. The van der Waals surface area contributed by atoms with E-state index in [-0.39, 0.29) is 53.5 Å². The summed E-state index contributed by atoms with van der Waals surface area (Å²) in [6.07, 6.45) is -0.566. The van der Waals surface area contributed by atoms with Gasteiger partial charge in [0, 0.05) is 13.0 Å². The van der Waals surface area contributed by atoms with Crippen LogP contribution in [0.25, 0.3) is 0 Å². The van der Waals surface area contributed by atoms with Crippen LogP contribution in [-0.2, 0) is 26.3 Å². The van der Waals surface area contributed by atoms with Crippen LogP contribution in [0.3, 0.4) is 0 Å². The molecule has 3 amide bonds. The number of benzene rings is 2. The molecule has 0 bridgehead atoms. The number of ether oxygens (including phenoxy) is 1. The maximum atomic E-state index is 15.3. The molecule has 43 heavy (non-hydrogen) atoms. The van der Waals surface area contributed by atoms with Crippen molar-refractivity contribution in [2.75, 3.05) is 18.4 Å². The first-order chi connectivity index (χ1) is 20.4. The number of anilines is 1. The number of hydrogen-bond donors (Lipinski definition) is 3. The first-order valence-corrected chi connectivity index (χ1v) is 14.0. The van der Waals surface area contributed by atoms with Crippen LogP contribution in [0.15, 0.2) is 42.5 Å². The number of nitrogens with one attached hydrogen (secondary N) is 2. The Morgan fingerprint density at radius 1 is 1.14 bits per heavy atom. The largest absolute Gasteiger partial charge is 0.475 e. The number of likely N-dealkylation sites (tertiary alicyclic amines) is 1. The van der Waals surface area contributed by atoms with Gasteiger partial charge in [0.15, 0.2) is 11.4 Å². The zero-order valence-corrected chi connectivity index (χ0v) is 23.5. The van der Waals surface area contributed by atoms with Crippen molar-refractivity contribution in [3.05, 3.63) is 85.8 Å². The van der Waals surface area contributed by atoms with Crippen molar-refractivity contribution in [1.29, 1.82) is 0 Å². The first kappa shape index (κ1) is 30.0. The molecule has 2 aliphatic heterocycles. The van der Waals surface area contributed by atoms with E-state index in [1.807, 2.05) is 0 Å². The van der Waals surface area contributed by atoms with Crippen LogP contribution in [-0.4, -0.2) is 58.8 Å². The number of hydrogen-bond acceptors (Lipinski definition) is 7. The molecule has 0 radical (unpaired) electrons. The number of Topliss-reactive ketones (excluding diaryl/α,β-unsaturated/α-hetero) is 1. The van der Waals surface area contributed by atoms with Crippen LogP contribution in [0.2, 0.25) is 5.02 Å². The minimum atomic E-state index is -1.91. The number of fused-ring (bicyclic) bond motifs is 2. The summed E-state index contributed by atoms with van der Waals surface area (Å²) >= 11 is 6.33. The van der Waals surface area contributed by atoms with Crippen molar-refractivity contribution in [3.63, 3.8) is 0 Å². The zero-order chi connectivity index (χ0) is 31.1. The molecule has 3 N–H and O–H groups in total. The fourth-order valence-corrected chi connectivity index (χ4v) is 6.23. The Labute approximate surface area is 250 Å². The lowest BCUT2D eigenvalue weighted by atomic mass is 9.82. The molecule has 15 heteroatoms. The number of ketones is 1. The first-order valence-electron chi connectivity index (χ1n) is 12.8. The maximum absolute atomic E-state index is 15.3. The van der Waals surface area contributed by atoms with Crippen LogP contribution >= 0.6 is 22.9 Å². The molecule has 3 heterocycles. The van der Waals surface area contributed by atoms with Gasteiger partial charge >= 0.3 is 12.1 Å². The highest BCUT2D eigenvalue weighted by Crippen LogP contribution is 2.45. The number of nitrogens with zero attached hydrogens (tertiary/aromatic N) is 1. The minimum absolute atomic E-state index is 0.0269. The van der Waals surface area contributed by atoms with Gasteiger partial charge in [-0.3, -0.25) is 19.7 Å². The number of thiophene rings is 1. The van der Waals surface area contributed by atoms with Crippen molar-refractivity contribution in [1.82, 2.24) is 10.2 Å². The smallest absolute Gasteiger partial charge is 0.412 e. The van der Waals surface area contributed by atoms with Gasteiger partial charge in [0.05, 0.1) is 27.7 Å². The Bertz CT molecular complexity index is 1670. The Morgan fingerprint density at radius 2 is 1.86 bits per heavy atom. The third-order valence-electron chi connectivity index (χ3n) is 7.11. The highest BCUT2D eigenvalue weighted by atomic mass is 35.5. The van der Waals surface area contributed by atoms with Crippen molar-refractivity contribution in [2.24, 2.45) is 0 Å².